The van der Waals surface area contributed by atoms with Crippen molar-refractivity contribution >= 4 is 29.1 Å². The summed E-state index contributed by atoms with van der Waals surface area (Å²) in [4.78, 5) is 11.5. The molecule has 7 heteroatoms. The Morgan fingerprint density at radius 1 is 1.43 bits per heavy atom. The summed E-state index contributed by atoms with van der Waals surface area (Å²) < 4.78 is 5.39. The van der Waals surface area contributed by atoms with Gasteiger partial charge in [-0.15, -0.1) is 0 Å². The number of rotatable bonds is 8. The predicted octanol–water partition coefficient (Wildman–Crippen LogP) is 1.60. The Balaban J connectivity index is 1.65. The molecule has 0 aromatic heterocycles. The van der Waals surface area contributed by atoms with E-state index in [1.54, 1.807) is 18.2 Å². The average molecular weight is 333 g/mol. The molecule has 1 aliphatic carbocycles. The van der Waals surface area contributed by atoms with Crippen LogP contribution in [-0.4, -0.2) is 42.9 Å². The first-order valence-electron chi connectivity index (χ1n) is 6.81. The summed E-state index contributed by atoms with van der Waals surface area (Å²) in [6, 6.07) is 5.51. The van der Waals surface area contributed by atoms with Gasteiger partial charge in [-0.3, -0.25) is 4.79 Å². The van der Waals surface area contributed by atoms with E-state index in [1.807, 2.05) is 0 Å². The molecule has 3 N–H and O–H groups in total. The largest absolute Gasteiger partial charge is 0.489 e. The van der Waals surface area contributed by atoms with Crippen LogP contribution in [-0.2, 0) is 4.79 Å². The minimum Gasteiger partial charge on any atom is -0.489 e. The number of nitrogens with one attached hydrogen (secondary N) is 2. The van der Waals surface area contributed by atoms with Gasteiger partial charge in [0.25, 0.3) is 0 Å². The summed E-state index contributed by atoms with van der Waals surface area (Å²) in [5, 5.41) is 16.2. The number of ether oxygens (including phenoxy) is 1. The molecule has 5 nitrogen and oxygen atoms in total. The van der Waals surface area contributed by atoms with E-state index in [2.05, 4.69) is 10.6 Å². The molecule has 1 fully saturated rings. The van der Waals surface area contributed by atoms with Crippen molar-refractivity contribution in [3.63, 3.8) is 0 Å². The molecule has 1 saturated carbocycles. The maximum absolute atomic E-state index is 11.5. The van der Waals surface area contributed by atoms with Gasteiger partial charge < -0.3 is 20.5 Å². The van der Waals surface area contributed by atoms with Crippen LogP contribution >= 0.6 is 23.2 Å². The fourth-order valence-corrected chi connectivity index (χ4v) is 2.01. The molecule has 1 aromatic carbocycles. The Kier molecular flexibility index (Phi) is 6.11. The highest BCUT2D eigenvalue weighted by molar-refractivity contribution is 6.42. The highest BCUT2D eigenvalue weighted by Gasteiger charge is 2.21. The van der Waals surface area contributed by atoms with E-state index in [0.717, 1.165) is 12.8 Å². The van der Waals surface area contributed by atoms with Crippen LogP contribution in [0.25, 0.3) is 0 Å². The van der Waals surface area contributed by atoms with Crippen molar-refractivity contribution in [3.8, 4) is 5.75 Å². The van der Waals surface area contributed by atoms with E-state index in [1.165, 1.54) is 0 Å². The molecule has 1 unspecified atom stereocenters. The second kappa shape index (κ2) is 7.84. The molecule has 0 spiro atoms. The van der Waals surface area contributed by atoms with Crippen LogP contribution in [0.2, 0.25) is 10.0 Å². The van der Waals surface area contributed by atoms with Gasteiger partial charge in [0.2, 0.25) is 5.91 Å². The normalized spacial score (nSPS) is 15.6. The highest BCUT2D eigenvalue weighted by atomic mass is 35.5. The second-order valence-electron chi connectivity index (χ2n) is 4.98. The Bertz CT molecular complexity index is 495. The van der Waals surface area contributed by atoms with Gasteiger partial charge in [0, 0.05) is 12.6 Å². The average Bonchev–Trinajstić information content (AvgIpc) is 3.28. The summed E-state index contributed by atoms with van der Waals surface area (Å²) in [6.45, 7) is 0.429. The van der Waals surface area contributed by atoms with Crippen molar-refractivity contribution in [2.75, 3.05) is 19.7 Å². The van der Waals surface area contributed by atoms with Crippen LogP contribution in [0.15, 0.2) is 18.2 Å². The Morgan fingerprint density at radius 2 is 2.19 bits per heavy atom. The first-order valence-corrected chi connectivity index (χ1v) is 7.57. The molecule has 1 aromatic rings. The number of hydrogen-bond donors (Lipinski definition) is 3. The summed E-state index contributed by atoms with van der Waals surface area (Å²) in [5.74, 6) is 0.270. The molecule has 1 atom stereocenters. The number of aliphatic hydroxyl groups is 1. The van der Waals surface area contributed by atoms with Gasteiger partial charge >= 0.3 is 0 Å². The first-order chi connectivity index (χ1) is 10.1. The van der Waals surface area contributed by atoms with Crippen LogP contribution in [0.4, 0.5) is 0 Å². The third-order valence-electron chi connectivity index (χ3n) is 3.01. The Morgan fingerprint density at radius 3 is 2.90 bits per heavy atom. The zero-order valence-corrected chi connectivity index (χ0v) is 13.0. The summed E-state index contributed by atoms with van der Waals surface area (Å²) in [7, 11) is 0. The van der Waals surface area contributed by atoms with Gasteiger partial charge in [-0.25, -0.2) is 0 Å². The van der Waals surface area contributed by atoms with Gasteiger partial charge in [0.15, 0.2) is 0 Å². The van der Waals surface area contributed by atoms with Gasteiger partial charge in [-0.2, -0.15) is 0 Å². The molecule has 0 radical (unpaired) electrons. The van der Waals surface area contributed by atoms with Gasteiger partial charge in [0.1, 0.15) is 23.5 Å². The SMILES string of the molecule is O=C(CNC1CC1)NCC(O)COc1cccc(Cl)c1Cl. The van der Waals surface area contributed by atoms with Crippen LogP contribution in [0.1, 0.15) is 12.8 Å². The number of aliphatic hydroxyl groups excluding tert-OH is 1. The van der Waals surface area contributed by atoms with Crippen LogP contribution in [0.5, 0.6) is 5.75 Å². The van der Waals surface area contributed by atoms with Gasteiger partial charge in [-0.1, -0.05) is 29.3 Å². The van der Waals surface area contributed by atoms with Crippen molar-refractivity contribution in [1.82, 2.24) is 10.6 Å². The van der Waals surface area contributed by atoms with Crippen LogP contribution in [0.3, 0.4) is 0 Å². The maximum Gasteiger partial charge on any atom is 0.234 e. The van der Waals surface area contributed by atoms with E-state index >= 15 is 0 Å². The standard InChI is InChI=1S/C14H18Cl2N2O3/c15-11-2-1-3-12(14(11)16)21-8-10(19)6-18-13(20)7-17-9-4-5-9/h1-3,9-10,17,19H,4-8H2,(H,18,20). The number of amides is 1. The molecule has 0 bridgehead atoms. The molecule has 1 amide bonds. The molecular formula is C14H18Cl2N2O3. The third-order valence-corrected chi connectivity index (χ3v) is 3.81. The molecule has 21 heavy (non-hydrogen) atoms. The molecule has 0 aliphatic heterocycles. The zero-order valence-electron chi connectivity index (χ0n) is 11.4. The topological polar surface area (TPSA) is 70.6 Å². The van der Waals surface area contributed by atoms with E-state index < -0.39 is 6.10 Å². The quantitative estimate of drug-likeness (QED) is 0.676. The first kappa shape index (κ1) is 16.4. The number of benzene rings is 1. The van der Waals surface area contributed by atoms with E-state index in [0.29, 0.717) is 21.8 Å². The van der Waals surface area contributed by atoms with E-state index in [4.69, 9.17) is 27.9 Å². The number of halogens is 2. The molecular weight excluding hydrogens is 315 g/mol. The van der Waals surface area contributed by atoms with Gasteiger partial charge in [0.05, 0.1) is 11.6 Å². The van der Waals surface area contributed by atoms with Crippen molar-refractivity contribution in [3.05, 3.63) is 28.2 Å². The lowest BCUT2D eigenvalue weighted by Gasteiger charge is -2.14. The van der Waals surface area contributed by atoms with Crippen molar-refractivity contribution < 1.29 is 14.6 Å². The maximum atomic E-state index is 11.5. The van der Waals surface area contributed by atoms with Crippen LogP contribution < -0.4 is 15.4 Å². The molecule has 1 aliphatic rings. The summed E-state index contributed by atoms with van der Waals surface area (Å²) in [5.41, 5.74) is 0. The Hall–Kier alpha value is -1.01. The predicted molar refractivity (Wildman–Crippen MR) is 82.0 cm³/mol. The number of hydrogen-bond acceptors (Lipinski definition) is 4. The number of carbonyl (C=O) groups is 1. The lowest BCUT2D eigenvalue weighted by molar-refractivity contribution is -0.120. The minimum atomic E-state index is -0.815. The molecule has 2 rings (SSSR count). The zero-order chi connectivity index (χ0) is 15.2. The van der Waals surface area contributed by atoms with Crippen molar-refractivity contribution in [2.45, 2.75) is 25.0 Å². The van der Waals surface area contributed by atoms with E-state index in [9.17, 15) is 9.90 Å². The molecule has 116 valence electrons. The second-order valence-corrected chi connectivity index (χ2v) is 5.76. The lowest BCUT2D eigenvalue weighted by Crippen LogP contribution is -2.40. The van der Waals surface area contributed by atoms with E-state index in [-0.39, 0.29) is 25.6 Å². The van der Waals surface area contributed by atoms with Crippen molar-refractivity contribution in [1.29, 1.82) is 0 Å². The number of carbonyl (C=O) groups excluding carboxylic acids is 1. The molecule has 0 heterocycles. The lowest BCUT2D eigenvalue weighted by atomic mass is 10.3. The smallest absolute Gasteiger partial charge is 0.234 e. The summed E-state index contributed by atoms with van der Waals surface area (Å²) in [6.07, 6.45) is 1.44. The minimum absolute atomic E-state index is 0.0242. The fourth-order valence-electron chi connectivity index (χ4n) is 1.66. The monoisotopic (exact) mass is 332 g/mol. The van der Waals surface area contributed by atoms with Crippen molar-refractivity contribution in [2.24, 2.45) is 0 Å². The van der Waals surface area contributed by atoms with Crippen LogP contribution in [0, 0.1) is 0 Å². The fraction of sp³-hybridized carbons (Fsp3) is 0.500. The van der Waals surface area contributed by atoms with Gasteiger partial charge in [-0.05, 0) is 25.0 Å². The highest BCUT2D eigenvalue weighted by Crippen LogP contribution is 2.31. The third kappa shape index (κ3) is 5.71. The summed E-state index contributed by atoms with van der Waals surface area (Å²) >= 11 is 11.8. The molecule has 0 saturated heterocycles. The Labute approximate surface area is 133 Å².